The molecule has 2 aromatic carbocycles. The molecule has 3 N–H and O–H groups in total. The lowest BCUT2D eigenvalue weighted by Gasteiger charge is -2.08. The number of para-hydroxylation sites is 1. The SMILES string of the molecule is COc1ccc(Sc2cccc(C(=O)O)c2N)cc1. The Morgan fingerprint density at radius 3 is 2.47 bits per heavy atom. The molecule has 0 radical (unpaired) electrons. The molecule has 4 nitrogen and oxygen atoms in total. The van der Waals surface area contributed by atoms with Crippen LogP contribution in [0.1, 0.15) is 10.4 Å². The third kappa shape index (κ3) is 3.00. The van der Waals surface area contributed by atoms with Crippen molar-refractivity contribution in [1.29, 1.82) is 0 Å². The second kappa shape index (κ2) is 5.67. The molecule has 19 heavy (non-hydrogen) atoms. The molecule has 0 unspecified atom stereocenters. The van der Waals surface area contributed by atoms with Crippen molar-refractivity contribution in [3.8, 4) is 5.75 Å². The maximum Gasteiger partial charge on any atom is 0.337 e. The van der Waals surface area contributed by atoms with E-state index in [1.165, 1.54) is 17.8 Å². The first kappa shape index (κ1) is 13.3. The van der Waals surface area contributed by atoms with Gasteiger partial charge in [0, 0.05) is 9.79 Å². The number of rotatable bonds is 4. The summed E-state index contributed by atoms with van der Waals surface area (Å²) in [5.41, 5.74) is 6.27. The molecule has 2 rings (SSSR count). The molecule has 0 atom stereocenters. The van der Waals surface area contributed by atoms with Crippen LogP contribution in [-0.4, -0.2) is 18.2 Å². The molecule has 2 aromatic rings. The maximum atomic E-state index is 11.0. The van der Waals surface area contributed by atoms with Crippen LogP contribution >= 0.6 is 11.8 Å². The fraction of sp³-hybridized carbons (Fsp3) is 0.0714. The fourth-order valence-electron chi connectivity index (χ4n) is 1.59. The zero-order valence-corrected chi connectivity index (χ0v) is 11.1. The number of aromatic carboxylic acids is 1. The lowest BCUT2D eigenvalue weighted by Crippen LogP contribution is -2.03. The molecule has 0 aliphatic carbocycles. The quantitative estimate of drug-likeness (QED) is 0.839. The average molecular weight is 275 g/mol. The van der Waals surface area contributed by atoms with Crippen LogP contribution in [0, 0.1) is 0 Å². The fourth-order valence-corrected chi connectivity index (χ4v) is 2.48. The van der Waals surface area contributed by atoms with Gasteiger partial charge in [0.05, 0.1) is 18.4 Å². The van der Waals surface area contributed by atoms with E-state index in [1.807, 2.05) is 24.3 Å². The Morgan fingerprint density at radius 2 is 1.89 bits per heavy atom. The van der Waals surface area contributed by atoms with Crippen molar-refractivity contribution in [2.45, 2.75) is 9.79 Å². The Labute approximate surface area is 115 Å². The number of carboxylic acids is 1. The van der Waals surface area contributed by atoms with Gasteiger partial charge < -0.3 is 15.6 Å². The van der Waals surface area contributed by atoms with Gasteiger partial charge in [-0.3, -0.25) is 0 Å². The van der Waals surface area contributed by atoms with Gasteiger partial charge in [-0.15, -0.1) is 0 Å². The van der Waals surface area contributed by atoms with E-state index in [0.29, 0.717) is 0 Å². The van der Waals surface area contributed by atoms with Crippen molar-refractivity contribution in [3.63, 3.8) is 0 Å². The van der Waals surface area contributed by atoms with E-state index in [-0.39, 0.29) is 11.3 Å². The highest BCUT2D eigenvalue weighted by Gasteiger charge is 2.11. The predicted octanol–water partition coefficient (Wildman–Crippen LogP) is 3.13. The molecule has 5 heteroatoms. The Hall–Kier alpha value is -2.14. The first-order valence-corrected chi connectivity index (χ1v) is 6.37. The van der Waals surface area contributed by atoms with Crippen molar-refractivity contribution < 1.29 is 14.6 Å². The minimum absolute atomic E-state index is 0.124. The van der Waals surface area contributed by atoms with Crippen LogP contribution in [0.2, 0.25) is 0 Å². The molecule has 0 fully saturated rings. The largest absolute Gasteiger partial charge is 0.497 e. The number of nitrogen functional groups attached to an aromatic ring is 1. The van der Waals surface area contributed by atoms with E-state index in [1.54, 1.807) is 19.2 Å². The van der Waals surface area contributed by atoms with Gasteiger partial charge in [0.2, 0.25) is 0 Å². The van der Waals surface area contributed by atoms with Gasteiger partial charge in [0.15, 0.2) is 0 Å². The second-order valence-electron chi connectivity index (χ2n) is 3.80. The first-order chi connectivity index (χ1) is 9.11. The standard InChI is InChI=1S/C14H13NO3S/c1-18-9-5-7-10(8-6-9)19-12-4-2-3-11(13(12)15)14(16)17/h2-8H,15H2,1H3,(H,16,17). The molecule has 0 saturated heterocycles. The summed E-state index contributed by atoms with van der Waals surface area (Å²) in [4.78, 5) is 12.7. The van der Waals surface area contributed by atoms with Crippen LogP contribution in [0.5, 0.6) is 5.75 Å². The Morgan fingerprint density at radius 1 is 1.21 bits per heavy atom. The number of hydrogen-bond donors (Lipinski definition) is 2. The Kier molecular flexibility index (Phi) is 3.97. The molecule has 98 valence electrons. The highest BCUT2D eigenvalue weighted by atomic mass is 32.2. The van der Waals surface area contributed by atoms with Crippen molar-refractivity contribution in [2.24, 2.45) is 0 Å². The number of ether oxygens (including phenoxy) is 1. The molecular formula is C14H13NO3S. The van der Waals surface area contributed by atoms with Crippen LogP contribution in [0.3, 0.4) is 0 Å². The van der Waals surface area contributed by atoms with E-state index in [9.17, 15) is 4.79 Å². The summed E-state index contributed by atoms with van der Waals surface area (Å²) in [6.07, 6.45) is 0. The van der Waals surface area contributed by atoms with E-state index in [4.69, 9.17) is 15.6 Å². The van der Waals surface area contributed by atoms with E-state index < -0.39 is 5.97 Å². The van der Waals surface area contributed by atoms with E-state index in [0.717, 1.165) is 15.5 Å². The first-order valence-electron chi connectivity index (χ1n) is 5.55. The van der Waals surface area contributed by atoms with Crippen molar-refractivity contribution >= 4 is 23.4 Å². The molecule has 0 heterocycles. The molecule has 0 spiro atoms. The van der Waals surface area contributed by atoms with Gasteiger partial charge in [-0.05, 0) is 36.4 Å². The number of benzene rings is 2. The zero-order valence-electron chi connectivity index (χ0n) is 10.3. The Balaban J connectivity index is 2.27. The monoisotopic (exact) mass is 275 g/mol. The zero-order chi connectivity index (χ0) is 13.8. The molecule has 0 bridgehead atoms. The lowest BCUT2D eigenvalue weighted by molar-refractivity contribution is 0.0698. The molecular weight excluding hydrogens is 262 g/mol. The van der Waals surface area contributed by atoms with Gasteiger partial charge in [-0.2, -0.15) is 0 Å². The van der Waals surface area contributed by atoms with Crippen molar-refractivity contribution in [1.82, 2.24) is 0 Å². The van der Waals surface area contributed by atoms with Gasteiger partial charge in [0.1, 0.15) is 5.75 Å². The van der Waals surface area contributed by atoms with Crippen LogP contribution in [0.25, 0.3) is 0 Å². The van der Waals surface area contributed by atoms with Gasteiger partial charge in [-0.25, -0.2) is 4.79 Å². The van der Waals surface area contributed by atoms with Crippen molar-refractivity contribution in [2.75, 3.05) is 12.8 Å². The van der Waals surface area contributed by atoms with Gasteiger partial charge >= 0.3 is 5.97 Å². The van der Waals surface area contributed by atoms with Crippen LogP contribution < -0.4 is 10.5 Å². The summed E-state index contributed by atoms with van der Waals surface area (Å²) in [5.74, 6) is -0.244. The number of carbonyl (C=O) groups is 1. The lowest BCUT2D eigenvalue weighted by atomic mass is 10.2. The van der Waals surface area contributed by atoms with Crippen molar-refractivity contribution in [3.05, 3.63) is 48.0 Å². The van der Waals surface area contributed by atoms with Crippen LogP contribution in [0.4, 0.5) is 5.69 Å². The number of methoxy groups -OCH3 is 1. The summed E-state index contributed by atoms with van der Waals surface area (Å²) in [7, 11) is 1.61. The summed E-state index contributed by atoms with van der Waals surface area (Å²) in [6.45, 7) is 0. The van der Waals surface area contributed by atoms with Gasteiger partial charge in [0.25, 0.3) is 0 Å². The highest BCUT2D eigenvalue weighted by molar-refractivity contribution is 7.99. The summed E-state index contributed by atoms with van der Waals surface area (Å²) < 4.78 is 5.08. The highest BCUT2D eigenvalue weighted by Crippen LogP contribution is 2.34. The summed E-state index contributed by atoms with van der Waals surface area (Å²) >= 11 is 1.42. The molecule has 0 saturated carbocycles. The Bertz CT molecular complexity index is 596. The number of nitrogens with two attached hydrogens (primary N) is 1. The topological polar surface area (TPSA) is 72.5 Å². The second-order valence-corrected chi connectivity index (χ2v) is 4.92. The van der Waals surface area contributed by atoms with Gasteiger partial charge in [-0.1, -0.05) is 17.8 Å². The summed E-state index contributed by atoms with van der Waals surface area (Å²) in [6, 6.07) is 12.5. The third-order valence-corrected chi connectivity index (χ3v) is 3.67. The predicted molar refractivity (Wildman–Crippen MR) is 74.9 cm³/mol. The molecule has 0 amide bonds. The molecule has 0 aliphatic heterocycles. The van der Waals surface area contributed by atoms with Crippen LogP contribution in [-0.2, 0) is 0 Å². The number of carboxylic acid groups (broad SMARTS) is 1. The van der Waals surface area contributed by atoms with E-state index in [2.05, 4.69) is 0 Å². The number of hydrogen-bond acceptors (Lipinski definition) is 4. The number of anilines is 1. The maximum absolute atomic E-state index is 11.0. The smallest absolute Gasteiger partial charge is 0.337 e. The normalized spacial score (nSPS) is 10.2. The molecule has 0 aliphatic rings. The molecule has 0 aromatic heterocycles. The third-order valence-electron chi connectivity index (χ3n) is 2.58. The van der Waals surface area contributed by atoms with E-state index >= 15 is 0 Å². The minimum Gasteiger partial charge on any atom is -0.497 e. The minimum atomic E-state index is -1.02. The van der Waals surface area contributed by atoms with Crippen LogP contribution in [0.15, 0.2) is 52.3 Å². The average Bonchev–Trinajstić information content (AvgIpc) is 2.41. The summed E-state index contributed by atoms with van der Waals surface area (Å²) in [5, 5.41) is 9.02.